The van der Waals surface area contributed by atoms with E-state index in [1.807, 2.05) is 32.6 Å². The predicted octanol–water partition coefficient (Wildman–Crippen LogP) is 1.68. The Balaban J connectivity index is 1.77. The molecule has 0 spiro atoms. The molecule has 2 heterocycles. The van der Waals surface area contributed by atoms with Gasteiger partial charge in [0.15, 0.2) is 0 Å². The molecule has 1 atom stereocenters. The number of rotatable bonds is 6. The van der Waals surface area contributed by atoms with Crippen LogP contribution in [0.15, 0.2) is 18.7 Å². The first-order chi connectivity index (χ1) is 9.08. The van der Waals surface area contributed by atoms with Crippen LogP contribution in [0.1, 0.15) is 24.1 Å². The smallest absolute Gasteiger partial charge is 0.105 e. The van der Waals surface area contributed by atoms with Gasteiger partial charge in [-0.1, -0.05) is 0 Å². The van der Waals surface area contributed by atoms with Crippen molar-refractivity contribution in [2.24, 2.45) is 0 Å². The summed E-state index contributed by atoms with van der Waals surface area (Å²) >= 11 is 0. The minimum atomic E-state index is 0.429. The zero-order valence-corrected chi connectivity index (χ0v) is 12.2. The van der Waals surface area contributed by atoms with E-state index < -0.39 is 0 Å². The number of hydrogen-bond acceptors (Lipinski definition) is 3. The molecule has 0 saturated carbocycles. The molecule has 5 nitrogen and oxygen atoms in total. The van der Waals surface area contributed by atoms with E-state index in [2.05, 4.69) is 38.3 Å². The maximum Gasteiger partial charge on any atom is 0.105 e. The Morgan fingerprint density at radius 2 is 2.00 bits per heavy atom. The molecule has 1 N–H and O–H groups in total. The summed E-state index contributed by atoms with van der Waals surface area (Å²) in [5.74, 6) is 1.06. The molecule has 0 amide bonds. The van der Waals surface area contributed by atoms with Gasteiger partial charge in [0.2, 0.25) is 0 Å². The maximum absolute atomic E-state index is 4.31. The quantitative estimate of drug-likeness (QED) is 0.860. The second-order valence-corrected chi connectivity index (χ2v) is 5.09. The van der Waals surface area contributed by atoms with Crippen LogP contribution in [0.4, 0.5) is 0 Å². The van der Waals surface area contributed by atoms with Gasteiger partial charge in [0.05, 0.1) is 12.0 Å². The third-order valence-corrected chi connectivity index (χ3v) is 3.58. The molecular formula is C14H23N5. The van der Waals surface area contributed by atoms with Crippen molar-refractivity contribution in [1.29, 1.82) is 0 Å². The molecule has 19 heavy (non-hydrogen) atoms. The molecule has 2 rings (SSSR count). The standard InChI is InChI=1S/C14H23N5/c1-11(9-18-7-6-16-14(18)4)15-5-8-19-10-17-12(2)13(19)3/h6-7,10-11,15H,5,8-9H2,1-4H3/t11-/m1/s1. The molecule has 0 radical (unpaired) electrons. The average Bonchev–Trinajstić information content (AvgIpc) is 2.90. The van der Waals surface area contributed by atoms with E-state index in [9.17, 15) is 0 Å². The zero-order chi connectivity index (χ0) is 13.8. The molecule has 5 heteroatoms. The van der Waals surface area contributed by atoms with Crippen molar-refractivity contribution >= 4 is 0 Å². The summed E-state index contributed by atoms with van der Waals surface area (Å²) in [6, 6.07) is 0.429. The van der Waals surface area contributed by atoms with Crippen LogP contribution in [0.2, 0.25) is 0 Å². The number of nitrogens with zero attached hydrogens (tertiary/aromatic N) is 4. The Morgan fingerprint density at radius 1 is 1.21 bits per heavy atom. The van der Waals surface area contributed by atoms with Crippen molar-refractivity contribution in [2.45, 2.75) is 46.8 Å². The normalized spacial score (nSPS) is 12.8. The van der Waals surface area contributed by atoms with Crippen LogP contribution in [0.25, 0.3) is 0 Å². The fraction of sp³-hybridized carbons (Fsp3) is 0.571. The van der Waals surface area contributed by atoms with Gasteiger partial charge in [-0.15, -0.1) is 0 Å². The molecule has 0 saturated heterocycles. The van der Waals surface area contributed by atoms with Gasteiger partial charge in [-0.05, 0) is 27.7 Å². The monoisotopic (exact) mass is 261 g/mol. The van der Waals surface area contributed by atoms with E-state index in [0.29, 0.717) is 6.04 Å². The van der Waals surface area contributed by atoms with Gasteiger partial charge in [0, 0.05) is 43.8 Å². The van der Waals surface area contributed by atoms with E-state index in [1.54, 1.807) is 0 Å². The summed E-state index contributed by atoms with van der Waals surface area (Å²) in [5.41, 5.74) is 2.36. The second-order valence-electron chi connectivity index (χ2n) is 5.09. The molecule has 0 fully saturated rings. The third-order valence-electron chi connectivity index (χ3n) is 3.58. The Labute approximate surface area is 114 Å². The molecule has 2 aromatic rings. The van der Waals surface area contributed by atoms with Crippen LogP contribution in [-0.4, -0.2) is 31.7 Å². The molecule has 0 unspecified atom stereocenters. The number of aryl methyl sites for hydroxylation is 2. The first-order valence-corrected chi connectivity index (χ1v) is 6.77. The number of imidazole rings is 2. The SMILES string of the molecule is Cc1ncn(CCN[C@H](C)Cn2ccnc2C)c1C. The van der Waals surface area contributed by atoms with Crippen molar-refractivity contribution in [3.05, 3.63) is 35.9 Å². The van der Waals surface area contributed by atoms with Gasteiger partial charge in [0.25, 0.3) is 0 Å². The van der Waals surface area contributed by atoms with E-state index in [4.69, 9.17) is 0 Å². The van der Waals surface area contributed by atoms with Gasteiger partial charge in [-0.25, -0.2) is 9.97 Å². The highest BCUT2D eigenvalue weighted by molar-refractivity contribution is 5.08. The first kappa shape index (κ1) is 13.8. The summed E-state index contributed by atoms with van der Waals surface area (Å²) in [7, 11) is 0. The fourth-order valence-corrected chi connectivity index (χ4v) is 2.16. The lowest BCUT2D eigenvalue weighted by Gasteiger charge is -2.16. The lowest BCUT2D eigenvalue weighted by atomic mass is 10.3. The summed E-state index contributed by atoms with van der Waals surface area (Å²) in [5, 5.41) is 3.54. The van der Waals surface area contributed by atoms with Gasteiger partial charge in [0.1, 0.15) is 5.82 Å². The Kier molecular flexibility index (Phi) is 4.37. The highest BCUT2D eigenvalue weighted by Gasteiger charge is 2.05. The van der Waals surface area contributed by atoms with Crippen LogP contribution >= 0.6 is 0 Å². The van der Waals surface area contributed by atoms with Crippen molar-refractivity contribution in [3.8, 4) is 0 Å². The predicted molar refractivity (Wildman–Crippen MR) is 76.1 cm³/mol. The minimum absolute atomic E-state index is 0.429. The fourth-order valence-electron chi connectivity index (χ4n) is 2.16. The summed E-state index contributed by atoms with van der Waals surface area (Å²) < 4.78 is 4.36. The van der Waals surface area contributed by atoms with Gasteiger partial charge in [-0.2, -0.15) is 0 Å². The Hall–Kier alpha value is -1.62. The van der Waals surface area contributed by atoms with E-state index in [1.165, 1.54) is 5.69 Å². The highest BCUT2D eigenvalue weighted by Crippen LogP contribution is 2.03. The average molecular weight is 261 g/mol. The van der Waals surface area contributed by atoms with Crippen LogP contribution in [0, 0.1) is 20.8 Å². The van der Waals surface area contributed by atoms with Gasteiger partial charge in [-0.3, -0.25) is 0 Å². The minimum Gasteiger partial charge on any atom is -0.334 e. The molecule has 0 bridgehead atoms. The largest absolute Gasteiger partial charge is 0.334 e. The molecule has 0 aromatic carbocycles. The molecule has 104 valence electrons. The number of aromatic nitrogens is 4. The van der Waals surface area contributed by atoms with Crippen LogP contribution < -0.4 is 5.32 Å². The Morgan fingerprint density at radius 3 is 2.58 bits per heavy atom. The van der Waals surface area contributed by atoms with Crippen LogP contribution in [0.5, 0.6) is 0 Å². The van der Waals surface area contributed by atoms with E-state index >= 15 is 0 Å². The third kappa shape index (κ3) is 3.44. The number of hydrogen-bond donors (Lipinski definition) is 1. The Bertz CT molecular complexity index is 526. The molecule has 0 aliphatic heterocycles. The van der Waals surface area contributed by atoms with Crippen LogP contribution in [-0.2, 0) is 13.1 Å². The summed E-state index contributed by atoms with van der Waals surface area (Å²) in [6.07, 6.45) is 5.79. The van der Waals surface area contributed by atoms with Crippen molar-refractivity contribution < 1.29 is 0 Å². The van der Waals surface area contributed by atoms with Crippen LogP contribution in [0.3, 0.4) is 0 Å². The molecule has 2 aromatic heterocycles. The first-order valence-electron chi connectivity index (χ1n) is 6.77. The van der Waals surface area contributed by atoms with Crippen molar-refractivity contribution in [1.82, 2.24) is 24.4 Å². The van der Waals surface area contributed by atoms with Gasteiger partial charge < -0.3 is 14.5 Å². The second kappa shape index (κ2) is 6.02. The van der Waals surface area contributed by atoms with Gasteiger partial charge >= 0.3 is 0 Å². The summed E-state index contributed by atoms with van der Waals surface area (Å²) in [4.78, 5) is 8.54. The van der Waals surface area contributed by atoms with Crippen molar-refractivity contribution in [2.75, 3.05) is 6.54 Å². The summed E-state index contributed by atoms with van der Waals surface area (Å²) in [6.45, 7) is 11.2. The van der Waals surface area contributed by atoms with Crippen molar-refractivity contribution in [3.63, 3.8) is 0 Å². The highest BCUT2D eigenvalue weighted by atomic mass is 15.1. The lowest BCUT2D eigenvalue weighted by Crippen LogP contribution is -2.33. The van der Waals surface area contributed by atoms with E-state index in [0.717, 1.165) is 31.2 Å². The molecule has 0 aliphatic carbocycles. The molecular weight excluding hydrogens is 238 g/mol. The maximum atomic E-state index is 4.31. The molecule has 0 aliphatic rings. The number of nitrogens with one attached hydrogen (secondary N) is 1. The zero-order valence-electron chi connectivity index (χ0n) is 12.2. The topological polar surface area (TPSA) is 47.7 Å². The lowest BCUT2D eigenvalue weighted by molar-refractivity contribution is 0.455. The van der Waals surface area contributed by atoms with E-state index in [-0.39, 0.29) is 0 Å².